The largest absolute Gasteiger partial charge is 0.496 e. The van der Waals surface area contributed by atoms with E-state index in [2.05, 4.69) is 21.0 Å². The average Bonchev–Trinajstić information content (AvgIpc) is 2.78. The number of aryl methyl sites for hydroxylation is 1. The summed E-state index contributed by atoms with van der Waals surface area (Å²) in [5.41, 5.74) is 8.15. The summed E-state index contributed by atoms with van der Waals surface area (Å²) in [6, 6.07) is 5.12. The van der Waals surface area contributed by atoms with Crippen molar-refractivity contribution in [2.24, 2.45) is 5.73 Å². The van der Waals surface area contributed by atoms with Crippen molar-refractivity contribution in [2.75, 3.05) is 7.11 Å². The first-order valence-corrected chi connectivity index (χ1v) is 7.05. The molecule has 0 bridgehead atoms. The van der Waals surface area contributed by atoms with Crippen molar-refractivity contribution in [1.82, 2.24) is 9.78 Å². The molecule has 19 heavy (non-hydrogen) atoms. The smallest absolute Gasteiger partial charge is 0.125 e. The van der Waals surface area contributed by atoms with Crippen LogP contribution in [0.5, 0.6) is 5.75 Å². The molecule has 2 rings (SSSR count). The van der Waals surface area contributed by atoms with Gasteiger partial charge < -0.3 is 10.5 Å². The number of halogens is 2. The fraction of sp³-hybridized carbons (Fsp3) is 0.308. The van der Waals surface area contributed by atoms with Gasteiger partial charge in [0.1, 0.15) is 5.75 Å². The molecule has 0 saturated carbocycles. The Balaban J connectivity index is 2.49. The summed E-state index contributed by atoms with van der Waals surface area (Å²) in [4.78, 5) is 0. The minimum Gasteiger partial charge on any atom is -0.496 e. The molecule has 2 N–H and O–H groups in total. The zero-order valence-corrected chi connectivity index (χ0v) is 13.1. The van der Waals surface area contributed by atoms with Crippen molar-refractivity contribution < 1.29 is 4.74 Å². The standard InChI is InChI=1S/C13H15BrClN3O/c1-3-18-13(10(14)7-17-18)12(16)9-5-4-8(15)6-11(9)19-2/h4-7,12H,3,16H2,1-2H3. The Morgan fingerprint density at radius 2 is 2.26 bits per heavy atom. The van der Waals surface area contributed by atoms with Crippen LogP contribution in [-0.4, -0.2) is 16.9 Å². The monoisotopic (exact) mass is 343 g/mol. The predicted molar refractivity (Wildman–Crippen MR) is 79.6 cm³/mol. The molecule has 1 atom stereocenters. The molecule has 0 fully saturated rings. The van der Waals surface area contributed by atoms with Gasteiger partial charge in [-0.05, 0) is 35.0 Å². The quantitative estimate of drug-likeness (QED) is 0.925. The Labute approximate surface area is 125 Å². The maximum Gasteiger partial charge on any atom is 0.125 e. The van der Waals surface area contributed by atoms with Crippen LogP contribution < -0.4 is 10.5 Å². The van der Waals surface area contributed by atoms with E-state index in [4.69, 9.17) is 22.1 Å². The summed E-state index contributed by atoms with van der Waals surface area (Å²) in [5.74, 6) is 0.677. The van der Waals surface area contributed by atoms with Crippen LogP contribution in [0.3, 0.4) is 0 Å². The summed E-state index contributed by atoms with van der Waals surface area (Å²) in [6.45, 7) is 2.78. The van der Waals surface area contributed by atoms with Gasteiger partial charge in [-0.2, -0.15) is 5.10 Å². The van der Waals surface area contributed by atoms with Crippen LogP contribution in [0, 0.1) is 0 Å². The van der Waals surface area contributed by atoms with E-state index in [1.165, 1.54) is 0 Å². The molecule has 0 aliphatic carbocycles. The number of nitrogens with zero attached hydrogens (tertiary/aromatic N) is 2. The Morgan fingerprint density at radius 1 is 1.53 bits per heavy atom. The third-order valence-corrected chi connectivity index (χ3v) is 3.80. The van der Waals surface area contributed by atoms with Gasteiger partial charge in [0.25, 0.3) is 0 Å². The van der Waals surface area contributed by atoms with E-state index < -0.39 is 0 Å². The maximum absolute atomic E-state index is 6.35. The zero-order valence-electron chi connectivity index (χ0n) is 10.7. The van der Waals surface area contributed by atoms with Gasteiger partial charge in [0.15, 0.2) is 0 Å². The molecule has 102 valence electrons. The Kier molecular flexibility index (Phi) is 4.50. The fourth-order valence-corrected chi connectivity index (χ4v) is 2.73. The van der Waals surface area contributed by atoms with Gasteiger partial charge >= 0.3 is 0 Å². The third-order valence-electron chi connectivity index (χ3n) is 2.96. The molecule has 6 heteroatoms. The van der Waals surface area contributed by atoms with Gasteiger partial charge in [-0.3, -0.25) is 4.68 Å². The summed E-state index contributed by atoms with van der Waals surface area (Å²) in [6.07, 6.45) is 1.75. The van der Waals surface area contributed by atoms with E-state index >= 15 is 0 Å². The molecular weight excluding hydrogens is 330 g/mol. The van der Waals surface area contributed by atoms with E-state index in [0.29, 0.717) is 10.8 Å². The highest BCUT2D eigenvalue weighted by Gasteiger charge is 2.21. The van der Waals surface area contributed by atoms with Crippen molar-refractivity contribution in [3.05, 3.63) is 45.1 Å². The highest BCUT2D eigenvalue weighted by atomic mass is 79.9. The second-order valence-corrected chi connectivity index (χ2v) is 5.35. The van der Waals surface area contributed by atoms with Gasteiger partial charge in [0.05, 0.1) is 29.5 Å². The lowest BCUT2D eigenvalue weighted by molar-refractivity contribution is 0.406. The normalized spacial score (nSPS) is 12.5. The minimum atomic E-state index is -0.330. The molecule has 0 radical (unpaired) electrons. The summed E-state index contributed by atoms with van der Waals surface area (Å²) >= 11 is 9.45. The maximum atomic E-state index is 6.35. The van der Waals surface area contributed by atoms with Crippen LogP contribution in [0.25, 0.3) is 0 Å². The molecule has 0 spiro atoms. The van der Waals surface area contributed by atoms with Crippen molar-refractivity contribution in [3.63, 3.8) is 0 Å². The van der Waals surface area contributed by atoms with E-state index in [0.717, 1.165) is 22.3 Å². The van der Waals surface area contributed by atoms with Gasteiger partial charge in [0, 0.05) is 17.1 Å². The average molecular weight is 345 g/mol. The van der Waals surface area contributed by atoms with Crippen LogP contribution in [0.1, 0.15) is 24.2 Å². The fourth-order valence-electron chi connectivity index (χ4n) is 2.02. The van der Waals surface area contributed by atoms with Crippen molar-refractivity contribution in [3.8, 4) is 5.75 Å². The molecule has 2 aromatic rings. The van der Waals surface area contributed by atoms with Crippen LogP contribution in [0.4, 0.5) is 0 Å². The van der Waals surface area contributed by atoms with Crippen LogP contribution >= 0.6 is 27.5 Å². The minimum absolute atomic E-state index is 0.330. The third kappa shape index (κ3) is 2.78. The Morgan fingerprint density at radius 3 is 2.89 bits per heavy atom. The molecule has 0 saturated heterocycles. The van der Waals surface area contributed by atoms with Crippen molar-refractivity contribution in [2.45, 2.75) is 19.5 Å². The number of hydrogen-bond acceptors (Lipinski definition) is 3. The number of aromatic nitrogens is 2. The van der Waals surface area contributed by atoms with E-state index in [9.17, 15) is 0 Å². The van der Waals surface area contributed by atoms with Crippen LogP contribution in [0.2, 0.25) is 5.02 Å². The Hall–Kier alpha value is -1.04. The van der Waals surface area contributed by atoms with Gasteiger partial charge in [-0.25, -0.2) is 0 Å². The van der Waals surface area contributed by atoms with Crippen molar-refractivity contribution in [1.29, 1.82) is 0 Å². The number of ether oxygens (including phenoxy) is 1. The summed E-state index contributed by atoms with van der Waals surface area (Å²) < 4.78 is 8.10. The summed E-state index contributed by atoms with van der Waals surface area (Å²) in [5, 5.41) is 4.90. The van der Waals surface area contributed by atoms with Gasteiger partial charge in [-0.15, -0.1) is 0 Å². The first kappa shape index (κ1) is 14.4. The number of nitrogens with two attached hydrogens (primary N) is 1. The van der Waals surface area contributed by atoms with E-state index in [1.54, 1.807) is 25.4 Å². The Bertz CT molecular complexity index is 585. The SMILES string of the molecule is CCn1ncc(Br)c1C(N)c1ccc(Cl)cc1OC. The molecule has 1 heterocycles. The molecule has 1 unspecified atom stereocenters. The lowest BCUT2D eigenvalue weighted by Crippen LogP contribution is -2.18. The predicted octanol–water partition coefficient (Wildman–Crippen LogP) is 3.38. The molecule has 0 amide bonds. The highest BCUT2D eigenvalue weighted by Crippen LogP contribution is 2.33. The van der Waals surface area contributed by atoms with Gasteiger partial charge in [-0.1, -0.05) is 17.7 Å². The second-order valence-electron chi connectivity index (χ2n) is 4.06. The van der Waals surface area contributed by atoms with Gasteiger partial charge in [0.2, 0.25) is 0 Å². The summed E-state index contributed by atoms with van der Waals surface area (Å²) in [7, 11) is 1.61. The molecule has 0 aliphatic heterocycles. The first-order chi connectivity index (χ1) is 9.08. The van der Waals surface area contributed by atoms with E-state index in [1.807, 2.05) is 17.7 Å². The molecule has 1 aromatic heterocycles. The van der Waals surface area contributed by atoms with Crippen LogP contribution in [0.15, 0.2) is 28.9 Å². The van der Waals surface area contributed by atoms with Crippen molar-refractivity contribution >= 4 is 27.5 Å². The first-order valence-electron chi connectivity index (χ1n) is 5.88. The number of rotatable bonds is 4. The number of hydrogen-bond donors (Lipinski definition) is 1. The number of benzene rings is 1. The number of methoxy groups -OCH3 is 1. The van der Waals surface area contributed by atoms with E-state index in [-0.39, 0.29) is 6.04 Å². The topological polar surface area (TPSA) is 53.1 Å². The lowest BCUT2D eigenvalue weighted by Gasteiger charge is -2.17. The lowest BCUT2D eigenvalue weighted by atomic mass is 10.0. The zero-order chi connectivity index (χ0) is 14.0. The van der Waals surface area contributed by atoms with Crippen LogP contribution in [-0.2, 0) is 6.54 Å². The molecular formula is C13H15BrClN3O. The second kappa shape index (κ2) is 5.94. The molecule has 1 aromatic carbocycles. The highest BCUT2D eigenvalue weighted by molar-refractivity contribution is 9.10. The molecule has 0 aliphatic rings. The molecule has 4 nitrogen and oxygen atoms in total.